The summed E-state index contributed by atoms with van der Waals surface area (Å²) < 4.78 is 0. The summed E-state index contributed by atoms with van der Waals surface area (Å²) in [7, 11) is 0. The molecule has 0 saturated carbocycles. The number of thioether (sulfide) groups is 1. The molecular formula is C14H11NOS. The molecule has 0 aliphatic carbocycles. The fraction of sp³-hybridized carbons (Fsp3) is 0.0714. The average Bonchev–Trinajstić information content (AvgIpc) is 2.37. The Bertz CT molecular complexity index is 594. The van der Waals surface area contributed by atoms with Gasteiger partial charge in [0.15, 0.2) is 0 Å². The average molecular weight is 241 g/mol. The largest absolute Gasteiger partial charge is 0.368 e. The van der Waals surface area contributed by atoms with E-state index in [0.717, 1.165) is 16.0 Å². The Morgan fingerprint density at radius 2 is 1.65 bits per heavy atom. The molecule has 0 aromatic heterocycles. The minimum atomic E-state index is -0.281. The molecule has 1 unspecified atom stereocenters. The van der Waals surface area contributed by atoms with Crippen molar-refractivity contribution >= 4 is 17.7 Å². The Balaban J connectivity index is 2.26. The predicted octanol–water partition coefficient (Wildman–Crippen LogP) is 2.99. The first-order valence-corrected chi connectivity index (χ1v) is 6.29. The molecule has 2 aromatic rings. The van der Waals surface area contributed by atoms with Gasteiger partial charge in [0.05, 0.1) is 0 Å². The standard InChI is InChI=1S/C14H11NOS/c15-14(16)13-11-7-2-1-5-9(11)10-6-3-4-8-12(10)17-13/h1-8,13H,(H2,15,16). The van der Waals surface area contributed by atoms with Crippen LogP contribution in [0, 0.1) is 0 Å². The molecular weight excluding hydrogens is 230 g/mol. The van der Waals surface area contributed by atoms with Crippen molar-refractivity contribution in [3.63, 3.8) is 0 Å². The second-order valence-corrected chi connectivity index (χ2v) is 5.13. The first kappa shape index (κ1) is 10.4. The van der Waals surface area contributed by atoms with Crippen LogP contribution in [-0.2, 0) is 4.79 Å². The fourth-order valence-corrected chi connectivity index (χ4v) is 3.33. The van der Waals surface area contributed by atoms with Crippen molar-refractivity contribution in [1.29, 1.82) is 0 Å². The highest BCUT2D eigenvalue weighted by Gasteiger charge is 2.28. The topological polar surface area (TPSA) is 43.1 Å². The van der Waals surface area contributed by atoms with Crippen LogP contribution in [0.4, 0.5) is 0 Å². The van der Waals surface area contributed by atoms with E-state index in [1.165, 1.54) is 17.3 Å². The Kier molecular flexibility index (Phi) is 2.41. The van der Waals surface area contributed by atoms with E-state index in [-0.39, 0.29) is 11.2 Å². The van der Waals surface area contributed by atoms with Crippen molar-refractivity contribution in [1.82, 2.24) is 0 Å². The normalized spacial score (nSPS) is 17.1. The third kappa shape index (κ3) is 1.63. The van der Waals surface area contributed by atoms with E-state index < -0.39 is 0 Å². The van der Waals surface area contributed by atoms with Gasteiger partial charge in [-0.15, -0.1) is 11.8 Å². The zero-order chi connectivity index (χ0) is 11.8. The summed E-state index contributed by atoms with van der Waals surface area (Å²) in [4.78, 5) is 12.6. The minimum absolute atomic E-state index is 0.277. The second kappa shape index (κ2) is 3.93. The van der Waals surface area contributed by atoms with Crippen molar-refractivity contribution in [3.8, 4) is 11.1 Å². The predicted molar refractivity (Wildman–Crippen MR) is 69.7 cm³/mol. The summed E-state index contributed by atoms with van der Waals surface area (Å²) in [5, 5.41) is -0.277. The molecule has 1 aliphatic heterocycles. The lowest BCUT2D eigenvalue weighted by Gasteiger charge is -2.24. The highest BCUT2D eigenvalue weighted by molar-refractivity contribution is 8.00. The molecule has 0 radical (unpaired) electrons. The van der Waals surface area contributed by atoms with Gasteiger partial charge in [-0.2, -0.15) is 0 Å². The third-order valence-electron chi connectivity index (χ3n) is 2.92. The number of amides is 1. The van der Waals surface area contributed by atoms with Crippen LogP contribution in [0.1, 0.15) is 10.8 Å². The van der Waals surface area contributed by atoms with E-state index in [0.29, 0.717) is 0 Å². The quantitative estimate of drug-likeness (QED) is 0.834. The Labute approximate surface area is 104 Å². The second-order valence-electron chi connectivity index (χ2n) is 3.98. The van der Waals surface area contributed by atoms with Gasteiger partial charge in [-0.1, -0.05) is 42.5 Å². The molecule has 0 bridgehead atoms. The van der Waals surface area contributed by atoms with E-state index >= 15 is 0 Å². The van der Waals surface area contributed by atoms with E-state index in [1.54, 1.807) is 0 Å². The molecule has 3 rings (SSSR count). The summed E-state index contributed by atoms with van der Waals surface area (Å²) >= 11 is 1.53. The number of fused-ring (bicyclic) bond motifs is 3. The van der Waals surface area contributed by atoms with Gasteiger partial charge in [-0.25, -0.2) is 0 Å². The van der Waals surface area contributed by atoms with Crippen LogP contribution in [0.25, 0.3) is 11.1 Å². The number of hydrogen-bond donors (Lipinski definition) is 1. The van der Waals surface area contributed by atoms with Crippen molar-refractivity contribution < 1.29 is 4.79 Å². The van der Waals surface area contributed by atoms with Crippen LogP contribution in [0.2, 0.25) is 0 Å². The highest BCUT2D eigenvalue weighted by atomic mass is 32.2. The maximum atomic E-state index is 11.5. The molecule has 1 atom stereocenters. The number of hydrogen-bond acceptors (Lipinski definition) is 2. The number of primary amides is 1. The van der Waals surface area contributed by atoms with Gasteiger partial charge < -0.3 is 5.73 Å². The third-order valence-corrected chi connectivity index (χ3v) is 4.26. The maximum absolute atomic E-state index is 11.5. The van der Waals surface area contributed by atoms with Crippen molar-refractivity contribution in [2.45, 2.75) is 10.1 Å². The summed E-state index contributed by atoms with van der Waals surface area (Å²) in [6.45, 7) is 0. The number of benzene rings is 2. The van der Waals surface area contributed by atoms with Crippen LogP contribution < -0.4 is 5.73 Å². The Morgan fingerprint density at radius 1 is 1.00 bits per heavy atom. The molecule has 2 nitrogen and oxygen atoms in total. The lowest BCUT2D eigenvalue weighted by atomic mass is 9.96. The maximum Gasteiger partial charge on any atom is 0.235 e. The zero-order valence-corrected chi connectivity index (χ0v) is 9.91. The molecule has 1 heterocycles. The van der Waals surface area contributed by atoms with Gasteiger partial charge in [0.25, 0.3) is 0 Å². The lowest BCUT2D eigenvalue weighted by Crippen LogP contribution is -2.21. The van der Waals surface area contributed by atoms with E-state index in [9.17, 15) is 4.79 Å². The van der Waals surface area contributed by atoms with Crippen LogP contribution in [0.5, 0.6) is 0 Å². The van der Waals surface area contributed by atoms with Crippen LogP contribution in [0.3, 0.4) is 0 Å². The molecule has 0 saturated heterocycles. The van der Waals surface area contributed by atoms with Gasteiger partial charge in [0.1, 0.15) is 5.25 Å². The van der Waals surface area contributed by atoms with Gasteiger partial charge in [0, 0.05) is 4.90 Å². The number of carbonyl (C=O) groups excluding carboxylic acids is 1. The smallest absolute Gasteiger partial charge is 0.235 e. The summed E-state index contributed by atoms with van der Waals surface area (Å²) in [5.41, 5.74) is 8.80. The van der Waals surface area contributed by atoms with Gasteiger partial charge in [0.2, 0.25) is 5.91 Å². The molecule has 2 N–H and O–H groups in total. The number of carbonyl (C=O) groups is 1. The Morgan fingerprint density at radius 3 is 2.41 bits per heavy atom. The number of rotatable bonds is 1. The Hall–Kier alpha value is -1.74. The van der Waals surface area contributed by atoms with Crippen molar-refractivity contribution in [2.24, 2.45) is 5.73 Å². The molecule has 2 aromatic carbocycles. The van der Waals surface area contributed by atoms with Crippen LogP contribution >= 0.6 is 11.8 Å². The van der Waals surface area contributed by atoms with Gasteiger partial charge in [-0.05, 0) is 22.8 Å². The molecule has 3 heteroatoms. The van der Waals surface area contributed by atoms with Crippen molar-refractivity contribution in [2.75, 3.05) is 0 Å². The SMILES string of the molecule is NC(=O)C1Sc2ccccc2-c2ccccc21. The minimum Gasteiger partial charge on any atom is -0.368 e. The fourth-order valence-electron chi connectivity index (χ4n) is 2.16. The van der Waals surface area contributed by atoms with Gasteiger partial charge in [-0.3, -0.25) is 4.79 Å². The van der Waals surface area contributed by atoms with E-state index in [1.807, 2.05) is 42.5 Å². The highest BCUT2D eigenvalue weighted by Crippen LogP contribution is 2.48. The molecule has 84 valence electrons. The molecule has 1 amide bonds. The molecule has 0 spiro atoms. The molecule has 1 aliphatic rings. The molecule has 0 fully saturated rings. The van der Waals surface area contributed by atoms with Crippen LogP contribution in [0.15, 0.2) is 53.4 Å². The van der Waals surface area contributed by atoms with E-state index in [2.05, 4.69) is 6.07 Å². The van der Waals surface area contributed by atoms with E-state index in [4.69, 9.17) is 5.73 Å². The monoisotopic (exact) mass is 241 g/mol. The number of nitrogens with two attached hydrogens (primary N) is 1. The molecule has 17 heavy (non-hydrogen) atoms. The summed E-state index contributed by atoms with van der Waals surface area (Å²) in [5.74, 6) is -0.281. The van der Waals surface area contributed by atoms with Gasteiger partial charge >= 0.3 is 0 Å². The summed E-state index contributed by atoms with van der Waals surface area (Å²) in [6.07, 6.45) is 0. The van der Waals surface area contributed by atoms with Crippen molar-refractivity contribution in [3.05, 3.63) is 54.1 Å². The first-order valence-electron chi connectivity index (χ1n) is 5.41. The van der Waals surface area contributed by atoms with Crippen LogP contribution in [-0.4, -0.2) is 5.91 Å². The zero-order valence-electron chi connectivity index (χ0n) is 9.09. The first-order chi connectivity index (χ1) is 8.27. The lowest BCUT2D eigenvalue weighted by molar-refractivity contribution is -0.117. The summed E-state index contributed by atoms with van der Waals surface area (Å²) in [6, 6.07) is 16.1.